The molecule has 0 aliphatic rings. The van der Waals surface area contributed by atoms with Gasteiger partial charge >= 0.3 is 10.2 Å². The third-order valence-corrected chi connectivity index (χ3v) is 6.22. The summed E-state index contributed by atoms with van der Waals surface area (Å²) in [5.74, 6) is 0.786. The van der Waals surface area contributed by atoms with E-state index in [9.17, 15) is 8.42 Å². The molecule has 5 nitrogen and oxygen atoms in total. The lowest BCUT2D eigenvalue weighted by Crippen LogP contribution is -2.29. The highest BCUT2D eigenvalue weighted by Crippen LogP contribution is 2.14. The van der Waals surface area contributed by atoms with Crippen LogP contribution in [-0.2, 0) is 16.6 Å². The number of hydrogen-bond acceptors (Lipinski definition) is 3. The van der Waals surface area contributed by atoms with Gasteiger partial charge in [-0.3, -0.25) is 0 Å². The van der Waals surface area contributed by atoms with Gasteiger partial charge in [0.2, 0.25) is 0 Å². The maximum absolute atomic E-state index is 12.2. The van der Waals surface area contributed by atoms with Crippen LogP contribution in [0.25, 0.3) is 0 Å². The Morgan fingerprint density at radius 1 is 0.958 bits per heavy atom. The van der Waals surface area contributed by atoms with Crippen molar-refractivity contribution in [2.45, 2.75) is 70.6 Å². The summed E-state index contributed by atoms with van der Waals surface area (Å²) in [4.78, 5) is 3.99. The van der Waals surface area contributed by atoms with Crippen LogP contribution in [0.4, 0.5) is 0 Å². The van der Waals surface area contributed by atoms with Crippen LogP contribution >= 0.6 is 11.6 Å². The number of aryl methyl sites for hydroxylation is 1. The summed E-state index contributed by atoms with van der Waals surface area (Å²) in [6.07, 6.45) is 16.1. The Morgan fingerprint density at radius 2 is 1.46 bits per heavy atom. The van der Waals surface area contributed by atoms with Crippen LogP contribution in [0.1, 0.15) is 69.9 Å². The second kappa shape index (κ2) is 11.9. The van der Waals surface area contributed by atoms with Crippen LogP contribution in [0.2, 0.25) is 0 Å². The van der Waals surface area contributed by atoms with Crippen molar-refractivity contribution >= 4 is 21.8 Å². The van der Waals surface area contributed by atoms with Crippen molar-refractivity contribution in [3.05, 3.63) is 18.2 Å². The average molecular weight is 378 g/mol. The Hall–Kier alpha value is -0.590. The molecular weight excluding hydrogens is 346 g/mol. The minimum absolute atomic E-state index is 0.755. The second-order valence-corrected chi connectivity index (χ2v) is 8.84. The van der Waals surface area contributed by atoms with Gasteiger partial charge in [-0.05, 0) is 19.3 Å². The highest BCUT2D eigenvalue weighted by molar-refractivity contribution is 7.87. The predicted octanol–water partition coefficient (Wildman–Crippen LogP) is 4.22. The minimum atomic E-state index is -3.45. The molecule has 0 atom stereocenters. The quantitative estimate of drug-likeness (QED) is 0.360. The number of rotatable bonds is 14. The first-order valence-corrected chi connectivity index (χ1v) is 10.9. The Morgan fingerprint density at radius 3 is 1.96 bits per heavy atom. The van der Waals surface area contributed by atoms with Gasteiger partial charge in [-0.15, -0.1) is 11.6 Å². The SMILES string of the molecule is CN(C)S(=O)(=O)n1cncc1CCCCCCCCCCCCCl. The highest BCUT2D eigenvalue weighted by Gasteiger charge is 2.18. The van der Waals surface area contributed by atoms with Gasteiger partial charge in [0.15, 0.2) is 0 Å². The van der Waals surface area contributed by atoms with Crippen molar-refractivity contribution in [1.29, 1.82) is 0 Å². The van der Waals surface area contributed by atoms with Crippen molar-refractivity contribution in [2.24, 2.45) is 0 Å². The van der Waals surface area contributed by atoms with E-state index in [4.69, 9.17) is 11.6 Å². The Kier molecular flexibility index (Phi) is 10.6. The molecule has 0 radical (unpaired) electrons. The first-order valence-electron chi connectivity index (χ1n) is 9.00. The Balaban J connectivity index is 2.14. The van der Waals surface area contributed by atoms with Gasteiger partial charge in [-0.25, -0.2) is 8.96 Å². The monoisotopic (exact) mass is 377 g/mol. The summed E-state index contributed by atoms with van der Waals surface area (Å²) < 4.78 is 26.8. The van der Waals surface area contributed by atoms with Crippen LogP contribution in [0.5, 0.6) is 0 Å². The fourth-order valence-corrected chi connectivity index (χ4v) is 3.83. The Bertz CT molecular complexity index is 544. The minimum Gasteiger partial charge on any atom is -0.244 e. The van der Waals surface area contributed by atoms with Crippen LogP contribution in [0, 0.1) is 0 Å². The third-order valence-electron chi connectivity index (χ3n) is 4.20. The molecule has 1 rings (SSSR count). The van der Waals surface area contributed by atoms with Gasteiger partial charge in [-0.1, -0.05) is 51.4 Å². The average Bonchev–Trinajstić information content (AvgIpc) is 3.01. The molecule has 0 aliphatic heterocycles. The largest absolute Gasteiger partial charge is 0.308 e. The van der Waals surface area contributed by atoms with Crippen molar-refractivity contribution in [3.8, 4) is 0 Å². The fraction of sp³-hybridized carbons (Fsp3) is 0.824. The molecular formula is C17H32ClN3O2S. The van der Waals surface area contributed by atoms with Crippen molar-refractivity contribution in [3.63, 3.8) is 0 Å². The molecule has 0 N–H and O–H groups in total. The predicted molar refractivity (Wildman–Crippen MR) is 101 cm³/mol. The van der Waals surface area contributed by atoms with Gasteiger partial charge in [-0.2, -0.15) is 12.7 Å². The van der Waals surface area contributed by atoms with Crippen LogP contribution < -0.4 is 0 Å². The van der Waals surface area contributed by atoms with Gasteiger partial charge in [0.1, 0.15) is 6.33 Å². The summed E-state index contributed by atoms with van der Waals surface area (Å²) in [5.41, 5.74) is 0.767. The summed E-state index contributed by atoms with van der Waals surface area (Å²) in [6.45, 7) is 0. The van der Waals surface area contributed by atoms with Crippen molar-refractivity contribution in [1.82, 2.24) is 13.3 Å². The molecule has 0 aliphatic carbocycles. The maximum atomic E-state index is 12.2. The second-order valence-electron chi connectivity index (χ2n) is 6.45. The third kappa shape index (κ3) is 7.53. The molecule has 0 aromatic carbocycles. The van der Waals surface area contributed by atoms with Crippen molar-refractivity contribution < 1.29 is 8.42 Å². The van der Waals surface area contributed by atoms with Crippen LogP contribution in [-0.4, -0.2) is 41.7 Å². The molecule has 1 aromatic rings. The molecule has 0 fully saturated rings. The van der Waals surface area contributed by atoms with E-state index >= 15 is 0 Å². The summed E-state index contributed by atoms with van der Waals surface area (Å²) >= 11 is 5.66. The zero-order valence-corrected chi connectivity index (χ0v) is 16.7. The lowest BCUT2D eigenvalue weighted by atomic mass is 10.1. The van der Waals surface area contributed by atoms with Gasteiger partial charge < -0.3 is 0 Å². The Labute approximate surface area is 152 Å². The van der Waals surface area contributed by atoms with E-state index in [1.807, 2.05) is 0 Å². The van der Waals surface area contributed by atoms with E-state index in [1.165, 1.54) is 73.6 Å². The number of unbranched alkanes of at least 4 members (excludes halogenated alkanes) is 9. The number of halogens is 1. The normalized spacial score (nSPS) is 12.2. The van der Waals surface area contributed by atoms with E-state index in [-0.39, 0.29) is 0 Å². The number of alkyl halides is 1. The molecule has 0 spiro atoms. The van der Waals surface area contributed by atoms with E-state index in [2.05, 4.69) is 4.98 Å². The summed E-state index contributed by atoms with van der Waals surface area (Å²) in [7, 11) is -0.376. The number of nitrogens with zero attached hydrogens (tertiary/aromatic N) is 3. The molecule has 0 bridgehead atoms. The molecule has 0 unspecified atom stereocenters. The van der Waals surface area contributed by atoms with Gasteiger partial charge in [0.25, 0.3) is 0 Å². The van der Waals surface area contributed by atoms with E-state index < -0.39 is 10.2 Å². The summed E-state index contributed by atoms with van der Waals surface area (Å²) in [5, 5.41) is 0. The molecule has 24 heavy (non-hydrogen) atoms. The fourth-order valence-electron chi connectivity index (χ4n) is 2.68. The maximum Gasteiger partial charge on any atom is 0.308 e. The molecule has 0 saturated carbocycles. The zero-order chi connectivity index (χ0) is 17.8. The lowest BCUT2D eigenvalue weighted by Gasteiger charge is -2.14. The summed E-state index contributed by atoms with van der Waals surface area (Å²) in [6, 6.07) is 0. The molecule has 7 heteroatoms. The molecule has 0 saturated heterocycles. The van der Waals surface area contributed by atoms with E-state index in [0.717, 1.165) is 37.3 Å². The topological polar surface area (TPSA) is 55.2 Å². The standard InChI is InChI=1S/C17H32ClN3O2S/c1-20(2)24(22,23)21-16-19-15-17(21)13-11-9-7-5-3-4-6-8-10-12-14-18/h15-16H,3-14H2,1-2H3. The smallest absolute Gasteiger partial charge is 0.244 e. The van der Waals surface area contributed by atoms with E-state index in [1.54, 1.807) is 6.20 Å². The zero-order valence-electron chi connectivity index (χ0n) is 15.1. The molecule has 140 valence electrons. The lowest BCUT2D eigenvalue weighted by molar-refractivity contribution is 0.507. The first-order chi connectivity index (χ1) is 11.5. The van der Waals surface area contributed by atoms with Crippen LogP contribution in [0.3, 0.4) is 0 Å². The molecule has 0 amide bonds. The molecule has 1 heterocycles. The molecule has 1 aromatic heterocycles. The van der Waals surface area contributed by atoms with Gasteiger partial charge in [0.05, 0.1) is 5.69 Å². The first kappa shape index (κ1) is 21.5. The number of imidazole rings is 1. The van der Waals surface area contributed by atoms with Crippen LogP contribution in [0.15, 0.2) is 12.5 Å². The number of aromatic nitrogens is 2. The highest BCUT2D eigenvalue weighted by atomic mass is 35.5. The van der Waals surface area contributed by atoms with Crippen molar-refractivity contribution in [2.75, 3.05) is 20.0 Å². The van der Waals surface area contributed by atoms with E-state index in [0.29, 0.717) is 0 Å². The van der Waals surface area contributed by atoms with Gasteiger partial charge in [0, 0.05) is 26.2 Å². The number of hydrogen-bond donors (Lipinski definition) is 0.